The Hall–Kier alpha value is -3.09. The molecule has 7 nitrogen and oxygen atoms in total. The molecule has 164 valence electrons. The highest BCUT2D eigenvalue weighted by Crippen LogP contribution is 2.40. The van der Waals surface area contributed by atoms with E-state index in [9.17, 15) is 9.59 Å². The summed E-state index contributed by atoms with van der Waals surface area (Å²) in [5.74, 6) is 1.82. The standard InChI is InChI=1S/C24H30N4O3/c1-18-15-21(19-3-4-19)16-25-23(18)27-9-11-28(12-10-27)24(30)20-5-7-22(8-6-20)26(2)13-14-31-17-29/h5-8,15-17,19H,3-4,9-14H2,1-2H3. The number of nitrogens with zero attached hydrogens (tertiary/aromatic N) is 4. The molecule has 0 bridgehead atoms. The fourth-order valence-corrected chi connectivity index (χ4v) is 4.09. The number of hydrogen-bond acceptors (Lipinski definition) is 6. The van der Waals surface area contributed by atoms with Crippen molar-refractivity contribution in [3.63, 3.8) is 0 Å². The monoisotopic (exact) mass is 422 g/mol. The topological polar surface area (TPSA) is 66.0 Å². The first-order valence-corrected chi connectivity index (χ1v) is 10.9. The maximum absolute atomic E-state index is 12.9. The van der Waals surface area contributed by atoms with Crippen LogP contribution in [0.5, 0.6) is 0 Å². The van der Waals surface area contributed by atoms with Gasteiger partial charge in [0.2, 0.25) is 0 Å². The fraction of sp³-hybridized carbons (Fsp3) is 0.458. The second-order valence-electron chi connectivity index (χ2n) is 8.40. The molecule has 0 unspecified atom stereocenters. The quantitative estimate of drug-likeness (QED) is 0.481. The number of carbonyl (C=O) groups excluding carboxylic acids is 2. The minimum absolute atomic E-state index is 0.0619. The Labute approximate surface area is 183 Å². The number of hydrogen-bond donors (Lipinski definition) is 0. The molecule has 2 aliphatic rings. The van der Waals surface area contributed by atoms with E-state index in [1.54, 1.807) is 0 Å². The summed E-state index contributed by atoms with van der Waals surface area (Å²) in [6.07, 6.45) is 4.60. The summed E-state index contributed by atoms with van der Waals surface area (Å²) in [6.45, 7) is 6.49. The van der Waals surface area contributed by atoms with Gasteiger partial charge in [-0.25, -0.2) is 4.98 Å². The number of aromatic nitrogens is 1. The van der Waals surface area contributed by atoms with Crippen LogP contribution in [0, 0.1) is 6.92 Å². The zero-order valence-corrected chi connectivity index (χ0v) is 18.3. The molecule has 7 heteroatoms. The van der Waals surface area contributed by atoms with Gasteiger partial charge in [0.05, 0.1) is 6.54 Å². The second-order valence-corrected chi connectivity index (χ2v) is 8.40. The van der Waals surface area contributed by atoms with Crippen LogP contribution in [-0.4, -0.2) is 68.6 Å². The first-order chi connectivity index (χ1) is 15.1. The van der Waals surface area contributed by atoms with Gasteiger partial charge in [0.1, 0.15) is 12.4 Å². The van der Waals surface area contributed by atoms with Gasteiger partial charge in [0.25, 0.3) is 12.4 Å². The highest BCUT2D eigenvalue weighted by molar-refractivity contribution is 5.94. The third-order valence-corrected chi connectivity index (χ3v) is 6.15. The Balaban J connectivity index is 1.32. The number of rotatable bonds is 8. The molecule has 4 rings (SSSR count). The fourth-order valence-electron chi connectivity index (χ4n) is 4.09. The van der Waals surface area contributed by atoms with Crippen molar-refractivity contribution in [2.45, 2.75) is 25.7 Å². The van der Waals surface area contributed by atoms with Crippen LogP contribution in [-0.2, 0) is 9.53 Å². The van der Waals surface area contributed by atoms with E-state index in [0.717, 1.165) is 24.6 Å². The molecule has 0 atom stereocenters. The number of likely N-dealkylation sites (N-methyl/N-ethyl adjacent to an activating group) is 1. The third-order valence-electron chi connectivity index (χ3n) is 6.15. The predicted molar refractivity (Wildman–Crippen MR) is 121 cm³/mol. The Bertz CT molecular complexity index is 919. The molecule has 1 amide bonds. The first-order valence-electron chi connectivity index (χ1n) is 10.9. The van der Waals surface area contributed by atoms with Gasteiger partial charge in [0.15, 0.2) is 0 Å². The Kier molecular flexibility index (Phi) is 6.39. The van der Waals surface area contributed by atoms with Gasteiger partial charge in [-0.3, -0.25) is 9.59 Å². The molecular formula is C24H30N4O3. The number of ether oxygens (including phenoxy) is 1. The first kappa shape index (κ1) is 21.2. The van der Waals surface area contributed by atoms with Crippen molar-refractivity contribution >= 4 is 23.9 Å². The number of carbonyl (C=O) groups is 2. The van der Waals surface area contributed by atoms with Crippen LogP contribution >= 0.6 is 0 Å². The molecular weight excluding hydrogens is 392 g/mol. The summed E-state index contributed by atoms with van der Waals surface area (Å²) in [6, 6.07) is 9.87. The van der Waals surface area contributed by atoms with Crippen LogP contribution in [0.4, 0.5) is 11.5 Å². The maximum atomic E-state index is 12.9. The van der Waals surface area contributed by atoms with Gasteiger partial charge in [0, 0.05) is 50.7 Å². The number of aryl methyl sites for hydroxylation is 1. The molecule has 2 heterocycles. The number of piperazine rings is 1. The van der Waals surface area contributed by atoms with Crippen molar-refractivity contribution in [1.29, 1.82) is 0 Å². The van der Waals surface area contributed by atoms with E-state index in [1.807, 2.05) is 47.3 Å². The Morgan fingerprint density at radius 2 is 1.90 bits per heavy atom. The minimum Gasteiger partial charge on any atom is -0.466 e. The van der Waals surface area contributed by atoms with E-state index in [2.05, 4.69) is 17.9 Å². The van der Waals surface area contributed by atoms with Crippen molar-refractivity contribution in [3.05, 3.63) is 53.2 Å². The molecule has 31 heavy (non-hydrogen) atoms. The van der Waals surface area contributed by atoms with Crippen LogP contribution in [0.1, 0.15) is 40.2 Å². The smallest absolute Gasteiger partial charge is 0.293 e. The molecule has 1 saturated heterocycles. The summed E-state index contributed by atoms with van der Waals surface area (Å²) in [7, 11) is 1.93. The number of anilines is 2. The summed E-state index contributed by atoms with van der Waals surface area (Å²) >= 11 is 0. The molecule has 2 aromatic rings. The average molecular weight is 423 g/mol. The summed E-state index contributed by atoms with van der Waals surface area (Å²) in [4.78, 5) is 34.1. The van der Waals surface area contributed by atoms with Gasteiger partial charge in [-0.1, -0.05) is 6.07 Å². The maximum Gasteiger partial charge on any atom is 0.293 e. The zero-order valence-electron chi connectivity index (χ0n) is 18.3. The minimum atomic E-state index is 0.0619. The molecule has 0 spiro atoms. The van der Waals surface area contributed by atoms with Crippen LogP contribution in [0.15, 0.2) is 36.5 Å². The van der Waals surface area contributed by atoms with Gasteiger partial charge >= 0.3 is 0 Å². The largest absolute Gasteiger partial charge is 0.466 e. The van der Waals surface area contributed by atoms with Crippen LogP contribution in [0.2, 0.25) is 0 Å². The van der Waals surface area contributed by atoms with Gasteiger partial charge in [-0.2, -0.15) is 0 Å². The zero-order chi connectivity index (χ0) is 21.8. The van der Waals surface area contributed by atoms with Crippen molar-refractivity contribution < 1.29 is 14.3 Å². The Morgan fingerprint density at radius 1 is 1.19 bits per heavy atom. The molecule has 2 fully saturated rings. The van der Waals surface area contributed by atoms with Crippen molar-refractivity contribution in [2.75, 3.05) is 56.2 Å². The molecule has 1 aliphatic heterocycles. The average Bonchev–Trinajstić information content (AvgIpc) is 3.64. The van der Waals surface area contributed by atoms with Crippen molar-refractivity contribution in [1.82, 2.24) is 9.88 Å². The number of pyridine rings is 1. The van der Waals surface area contributed by atoms with Crippen molar-refractivity contribution in [3.8, 4) is 0 Å². The lowest BCUT2D eigenvalue weighted by molar-refractivity contribution is -0.128. The second kappa shape index (κ2) is 9.37. The van der Waals surface area contributed by atoms with Crippen LogP contribution in [0.3, 0.4) is 0 Å². The molecule has 1 aromatic carbocycles. The lowest BCUT2D eigenvalue weighted by atomic mass is 10.1. The summed E-state index contributed by atoms with van der Waals surface area (Å²) < 4.78 is 4.74. The molecule has 1 aromatic heterocycles. The lowest BCUT2D eigenvalue weighted by Gasteiger charge is -2.36. The van der Waals surface area contributed by atoms with Crippen LogP contribution in [0.25, 0.3) is 0 Å². The van der Waals surface area contributed by atoms with Gasteiger partial charge in [-0.05, 0) is 61.1 Å². The highest BCUT2D eigenvalue weighted by atomic mass is 16.5. The van der Waals surface area contributed by atoms with E-state index in [1.165, 1.54) is 24.0 Å². The van der Waals surface area contributed by atoms with E-state index in [-0.39, 0.29) is 5.91 Å². The number of benzene rings is 1. The van der Waals surface area contributed by atoms with E-state index in [0.29, 0.717) is 44.2 Å². The SMILES string of the molecule is Cc1cc(C2CC2)cnc1N1CCN(C(=O)c2ccc(N(C)CCOC=O)cc2)CC1. The van der Waals surface area contributed by atoms with E-state index < -0.39 is 0 Å². The molecule has 1 saturated carbocycles. The third kappa shape index (κ3) is 4.98. The predicted octanol–water partition coefficient (Wildman–Crippen LogP) is 2.84. The van der Waals surface area contributed by atoms with E-state index >= 15 is 0 Å². The van der Waals surface area contributed by atoms with Crippen LogP contribution < -0.4 is 9.80 Å². The number of amides is 1. The van der Waals surface area contributed by atoms with Crippen molar-refractivity contribution in [2.24, 2.45) is 0 Å². The Morgan fingerprint density at radius 3 is 2.52 bits per heavy atom. The van der Waals surface area contributed by atoms with Gasteiger partial charge < -0.3 is 19.4 Å². The molecule has 0 N–H and O–H groups in total. The summed E-state index contributed by atoms with van der Waals surface area (Å²) in [5, 5.41) is 0. The van der Waals surface area contributed by atoms with Gasteiger partial charge in [-0.15, -0.1) is 0 Å². The normalized spacial score (nSPS) is 16.2. The lowest BCUT2D eigenvalue weighted by Crippen LogP contribution is -2.49. The highest BCUT2D eigenvalue weighted by Gasteiger charge is 2.26. The summed E-state index contributed by atoms with van der Waals surface area (Å²) in [5.41, 5.74) is 4.26. The molecule has 1 aliphatic carbocycles. The van der Waals surface area contributed by atoms with E-state index in [4.69, 9.17) is 9.72 Å². The molecule has 0 radical (unpaired) electrons.